The predicted molar refractivity (Wildman–Crippen MR) is 183 cm³/mol. The fraction of sp³-hybridized carbons (Fsp3) is 0.351. The molecular weight excluding hydrogens is 617 g/mol. The number of amides is 1. The number of ether oxygens (including phenoxy) is 2. The molecular formula is C37H44FN3O7. The summed E-state index contributed by atoms with van der Waals surface area (Å²) in [7, 11) is 0. The number of carboxylic acids is 1. The molecule has 1 heterocycles. The van der Waals surface area contributed by atoms with Crippen molar-refractivity contribution < 1.29 is 38.8 Å². The lowest BCUT2D eigenvalue weighted by Crippen LogP contribution is -2.22. The van der Waals surface area contributed by atoms with Gasteiger partial charge in [0, 0.05) is 30.0 Å². The molecule has 10 nitrogen and oxygen atoms in total. The molecule has 48 heavy (non-hydrogen) atoms. The van der Waals surface area contributed by atoms with E-state index >= 15 is 0 Å². The molecule has 0 fully saturated rings. The Kier molecular flexibility index (Phi) is 13.3. The molecule has 256 valence electrons. The van der Waals surface area contributed by atoms with E-state index in [9.17, 15) is 24.2 Å². The Morgan fingerprint density at radius 3 is 2.21 bits per heavy atom. The molecule has 0 spiro atoms. The average molecular weight is 662 g/mol. The summed E-state index contributed by atoms with van der Waals surface area (Å²) in [5, 5.41) is 33.0. The lowest BCUT2D eigenvalue weighted by molar-refractivity contribution is -0.139. The number of anilines is 1. The third-order valence-electron chi connectivity index (χ3n) is 7.77. The van der Waals surface area contributed by atoms with Crippen LogP contribution in [0.2, 0.25) is 0 Å². The molecule has 0 saturated heterocycles. The van der Waals surface area contributed by atoms with Gasteiger partial charge >= 0.3 is 5.97 Å². The largest absolute Gasteiger partial charge is 0.491 e. The van der Waals surface area contributed by atoms with Crippen LogP contribution in [0.1, 0.15) is 55.1 Å². The molecule has 0 aliphatic carbocycles. The Balaban J connectivity index is 1.76. The van der Waals surface area contributed by atoms with Crippen LogP contribution in [0.3, 0.4) is 0 Å². The maximum absolute atomic E-state index is 14.3. The molecule has 0 bridgehead atoms. The first-order valence-corrected chi connectivity index (χ1v) is 16.1. The van der Waals surface area contributed by atoms with E-state index in [1.165, 1.54) is 12.1 Å². The Labute approximate surface area is 279 Å². The number of hydrogen-bond donors (Lipinski definition) is 5. The second kappa shape index (κ2) is 17.6. The van der Waals surface area contributed by atoms with E-state index in [0.29, 0.717) is 65.9 Å². The van der Waals surface area contributed by atoms with Gasteiger partial charge in [-0.1, -0.05) is 44.2 Å². The topological polar surface area (TPSA) is 156 Å². The molecule has 3 aromatic carbocycles. The number of aliphatic carboxylic acids is 1. The smallest absolute Gasteiger partial charge is 0.305 e. The highest BCUT2D eigenvalue weighted by molar-refractivity contribution is 6.12. The summed E-state index contributed by atoms with van der Waals surface area (Å²) in [6.07, 6.45) is -2.63. The molecule has 0 aliphatic rings. The van der Waals surface area contributed by atoms with E-state index in [1.807, 2.05) is 48.7 Å². The van der Waals surface area contributed by atoms with Gasteiger partial charge in [-0.15, -0.1) is 0 Å². The maximum Gasteiger partial charge on any atom is 0.305 e. The summed E-state index contributed by atoms with van der Waals surface area (Å²) in [4.78, 5) is 25.4. The van der Waals surface area contributed by atoms with Crippen LogP contribution in [0, 0.1) is 5.82 Å². The van der Waals surface area contributed by atoms with Crippen LogP contribution in [0.5, 0.6) is 5.75 Å². The number of nitrogens with one attached hydrogen (secondary N) is 1. The SMILES string of the molecule is CC(C)c1c(C(=O)Nc2ccc(OCCOCCN)cc2)c(-c2ccccc2)c(-c2ccc(F)cc2)n1CC[C@@H](O)C[C@@H](O)CC(=O)O. The summed E-state index contributed by atoms with van der Waals surface area (Å²) in [5.41, 5.74) is 9.92. The first-order chi connectivity index (χ1) is 23.1. The van der Waals surface area contributed by atoms with Gasteiger partial charge in [-0.05, 0) is 78.4 Å². The zero-order valence-corrected chi connectivity index (χ0v) is 27.3. The number of nitrogens with two attached hydrogens (primary N) is 1. The molecule has 1 amide bonds. The van der Waals surface area contributed by atoms with Crippen molar-refractivity contribution in [1.29, 1.82) is 0 Å². The molecule has 4 aromatic rings. The van der Waals surface area contributed by atoms with Crippen LogP contribution in [-0.4, -0.2) is 70.3 Å². The first kappa shape index (κ1) is 36.3. The van der Waals surface area contributed by atoms with Gasteiger partial charge in [-0.3, -0.25) is 9.59 Å². The van der Waals surface area contributed by atoms with E-state index < -0.39 is 30.4 Å². The van der Waals surface area contributed by atoms with Crippen LogP contribution >= 0.6 is 0 Å². The zero-order chi connectivity index (χ0) is 34.6. The highest BCUT2D eigenvalue weighted by Crippen LogP contribution is 2.42. The van der Waals surface area contributed by atoms with Crippen molar-refractivity contribution in [2.75, 3.05) is 31.7 Å². The number of halogens is 1. The van der Waals surface area contributed by atoms with Crippen molar-refractivity contribution >= 4 is 17.6 Å². The minimum atomic E-state index is -1.20. The first-order valence-electron chi connectivity index (χ1n) is 16.1. The summed E-state index contributed by atoms with van der Waals surface area (Å²) >= 11 is 0. The van der Waals surface area contributed by atoms with Crippen LogP contribution in [-0.2, 0) is 16.1 Å². The lowest BCUT2D eigenvalue weighted by Gasteiger charge is -2.20. The molecule has 0 saturated carbocycles. The van der Waals surface area contributed by atoms with E-state index in [4.69, 9.17) is 20.3 Å². The third-order valence-corrected chi connectivity index (χ3v) is 7.77. The van der Waals surface area contributed by atoms with Gasteiger partial charge < -0.3 is 40.4 Å². The van der Waals surface area contributed by atoms with Gasteiger partial charge in [-0.25, -0.2) is 4.39 Å². The fourth-order valence-electron chi connectivity index (χ4n) is 5.72. The van der Waals surface area contributed by atoms with Crippen LogP contribution < -0.4 is 15.8 Å². The highest BCUT2D eigenvalue weighted by Gasteiger charge is 2.31. The van der Waals surface area contributed by atoms with Crippen molar-refractivity contribution in [3.8, 4) is 28.1 Å². The van der Waals surface area contributed by atoms with Crippen LogP contribution in [0.4, 0.5) is 10.1 Å². The molecule has 1 aromatic heterocycles. The van der Waals surface area contributed by atoms with Gasteiger partial charge in [0.25, 0.3) is 5.91 Å². The second-order valence-electron chi connectivity index (χ2n) is 11.8. The number of aliphatic hydroxyl groups excluding tert-OH is 2. The third kappa shape index (κ3) is 9.74. The van der Waals surface area contributed by atoms with Gasteiger partial charge in [0.15, 0.2) is 0 Å². The van der Waals surface area contributed by atoms with Crippen LogP contribution in [0.25, 0.3) is 22.4 Å². The number of aromatic nitrogens is 1. The summed E-state index contributed by atoms with van der Waals surface area (Å²) in [6.45, 7) is 5.85. The van der Waals surface area contributed by atoms with Gasteiger partial charge in [0.05, 0.1) is 43.1 Å². The minimum absolute atomic E-state index is 0.115. The van der Waals surface area contributed by atoms with E-state index in [2.05, 4.69) is 5.32 Å². The zero-order valence-electron chi connectivity index (χ0n) is 27.3. The number of carboxylic acid groups (broad SMARTS) is 1. The summed E-state index contributed by atoms with van der Waals surface area (Å²) < 4.78 is 27.2. The maximum atomic E-state index is 14.3. The van der Waals surface area contributed by atoms with Crippen molar-refractivity contribution in [3.63, 3.8) is 0 Å². The molecule has 0 radical (unpaired) electrons. The van der Waals surface area contributed by atoms with Crippen molar-refractivity contribution in [3.05, 3.63) is 95.9 Å². The Morgan fingerprint density at radius 1 is 0.896 bits per heavy atom. The molecule has 0 unspecified atom stereocenters. The number of aliphatic hydroxyl groups is 2. The van der Waals surface area contributed by atoms with Gasteiger partial charge in [0.1, 0.15) is 18.2 Å². The Hall–Kier alpha value is -4.55. The summed E-state index contributed by atoms with van der Waals surface area (Å²) in [5.74, 6) is -1.44. The van der Waals surface area contributed by atoms with E-state index in [0.717, 1.165) is 5.56 Å². The fourth-order valence-corrected chi connectivity index (χ4v) is 5.72. The van der Waals surface area contributed by atoms with E-state index in [1.54, 1.807) is 36.4 Å². The molecule has 0 aliphatic heterocycles. The monoisotopic (exact) mass is 661 g/mol. The molecule has 4 rings (SSSR count). The van der Waals surface area contributed by atoms with Crippen LogP contribution in [0.15, 0.2) is 78.9 Å². The Morgan fingerprint density at radius 2 is 1.58 bits per heavy atom. The van der Waals surface area contributed by atoms with Crippen molar-refractivity contribution in [2.24, 2.45) is 5.73 Å². The molecule has 11 heteroatoms. The number of benzene rings is 3. The van der Waals surface area contributed by atoms with Crippen molar-refractivity contribution in [1.82, 2.24) is 4.57 Å². The van der Waals surface area contributed by atoms with Gasteiger partial charge in [0.2, 0.25) is 0 Å². The molecule has 2 atom stereocenters. The van der Waals surface area contributed by atoms with E-state index in [-0.39, 0.29) is 31.2 Å². The quantitative estimate of drug-likeness (QED) is 0.0855. The normalized spacial score (nSPS) is 12.6. The van der Waals surface area contributed by atoms with Gasteiger partial charge in [-0.2, -0.15) is 0 Å². The number of nitrogens with zero attached hydrogens (tertiary/aromatic N) is 1. The average Bonchev–Trinajstić information content (AvgIpc) is 3.40. The standard InChI is InChI=1S/C37H44FN3O7/c1-24(2)35-34(37(46)40-28-12-14-31(15-13-28)48-21-20-47-19-17-39)33(25-6-4-3-5-7-25)36(26-8-10-27(38)11-9-26)41(35)18-16-29(42)22-30(43)23-32(44)45/h3-15,24,29-30,42-43H,16-23,39H2,1-2H3,(H,40,46)(H,44,45)/t29-,30-/m1/s1. The highest BCUT2D eigenvalue weighted by atomic mass is 19.1. The number of carbonyl (C=O) groups excluding carboxylic acids is 1. The van der Waals surface area contributed by atoms with Crippen molar-refractivity contribution in [2.45, 2.75) is 57.8 Å². The summed E-state index contributed by atoms with van der Waals surface area (Å²) in [6, 6.07) is 22.5. The molecule has 6 N–H and O–H groups in total. The minimum Gasteiger partial charge on any atom is -0.491 e. The Bertz CT molecular complexity index is 1620. The number of hydrogen-bond acceptors (Lipinski definition) is 7. The predicted octanol–water partition coefficient (Wildman–Crippen LogP) is 5.67. The number of rotatable bonds is 18. The second-order valence-corrected chi connectivity index (χ2v) is 11.8. The number of carbonyl (C=O) groups is 2. The lowest BCUT2D eigenvalue weighted by atomic mass is 9.94.